The number of hydrogen-bond acceptors (Lipinski definition) is 5. The highest BCUT2D eigenvalue weighted by Crippen LogP contribution is 2.23. The Balaban J connectivity index is 2.58. The smallest absolute Gasteiger partial charge is 0.406 e. The summed E-state index contributed by atoms with van der Waals surface area (Å²) >= 11 is 0. The molecule has 0 spiro atoms. The lowest BCUT2D eigenvalue weighted by molar-refractivity contribution is -0.116. The van der Waals surface area contributed by atoms with E-state index in [0.29, 0.717) is 24.2 Å². The lowest BCUT2D eigenvalue weighted by Gasteiger charge is -2.13. The Labute approximate surface area is 136 Å². The number of nitriles is 1. The van der Waals surface area contributed by atoms with Gasteiger partial charge < -0.3 is 20.7 Å². The largest absolute Gasteiger partial charge is 0.453 e. The number of hydrogen-bond donors (Lipinski definition) is 3. The van der Waals surface area contributed by atoms with Crippen molar-refractivity contribution in [3.63, 3.8) is 0 Å². The minimum absolute atomic E-state index is 0.175. The number of ether oxygens (including phenoxy) is 1. The van der Waals surface area contributed by atoms with Gasteiger partial charge in [-0.2, -0.15) is 5.26 Å². The van der Waals surface area contributed by atoms with Crippen LogP contribution in [0.5, 0.6) is 0 Å². The van der Waals surface area contributed by atoms with Gasteiger partial charge in [-0.15, -0.1) is 0 Å². The maximum Gasteiger partial charge on any atom is 0.406 e. The molecule has 0 unspecified atom stereocenters. The van der Waals surface area contributed by atoms with Crippen LogP contribution in [0.2, 0.25) is 0 Å². The molecule has 0 saturated heterocycles. The van der Waals surface area contributed by atoms with Crippen LogP contribution in [0.3, 0.4) is 0 Å². The normalized spacial score (nSPS) is 9.61. The van der Waals surface area contributed by atoms with E-state index in [9.17, 15) is 9.59 Å². The van der Waals surface area contributed by atoms with E-state index < -0.39 is 6.09 Å². The standard InChI is InChI=1S/C16H22N4O3/c1-3-8-18-13-7-6-12(11-17)10-14(13)20-15(21)5-4-9-19-16(22)23-2/h6-7,10,18H,3-5,8-9H2,1-2H3,(H,19,22)(H,20,21). The molecule has 23 heavy (non-hydrogen) atoms. The SMILES string of the molecule is CCCNc1ccc(C#N)cc1NC(=O)CCCNC(=O)OC. The van der Waals surface area contributed by atoms with Crippen molar-refractivity contribution < 1.29 is 14.3 Å². The molecule has 7 nitrogen and oxygen atoms in total. The van der Waals surface area contributed by atoms with Crippen LogP contribution < -0.4 is 16.0 Å². The van der Waals surface area contributed by atoms with Gasteiger partial charge in [0.25, 0.3) is 0 Å². The number of benzene rings is 1. The van der Waals surface area contributed by atoms with E-state index >= 15 is 0 Å². The summed E-state index contributed by atoms with van der Waals surface area (Å²) in [6.45, 7) is 3.18. The van der Waals surface area contributed by atoms with Crippen LogP contribution in [0.1, 0.15) is 31.7 Å². The number of alkyl carbamates (subject to hydrolysis) is 1. The molecule has 0 aliphatic heterocycles. The summed E-state index contributed by atoms with van der Waals surface area (Å²) in [4.78, 5) is 22.9. The molecule has 1 rings (SSSR count). The number of anilines is 2. The van der Waals surface area contributed by atoms with E-state index in [4.69, 9.17) is 5.26 Å². The maximum absolute atomic E-state index is 12.0. The van der Waals surface area contributed by atoms with Crippen molar-refractivity contribution in [3.8, 4) is 6.07 Å². The molecule has 7 heteroatoms. The lowest BCUT2D eigenvalue weighted by atomic mass is 10.1. The van der Waals surface area contributed by atoms with E-state index in [1.165, 1.54) is 7.11 Å². The lowest BCUT2D eigenvalue weighted by Crippen LogP contribution is -2.25. The van der Waals surface area contributed by atoms with Crippen molar-refractivity contribution in [2.24, 2.45) is 0 Å². The fourth-order valence-electron chi connectivity index (χ4n) is 1.86. The van der Waals surface area contributed by atoms with Gasteiger partial charge in [0.15, 0.2) is 0 Å². The summed E-state index contributed by atoms with van der Waals surface area (Å²) < 4.78 is 4.44. The summed E-state index contributed by atoms with van der Waals surface area (Å²) in [6, 6.07) is 7.18. The van der Waals surface area contributed by atoms with Crippen LogP contribution in [0.4, 0.5) is 16.2 Å². The third-order valence-electron chi connectivity index (χ3n) is 3.02. The monoisotopic (exact) mass is 318 g/mol. The Morgan fingerprint density at radius 1 is 1.26 bits per heavy atom. The quantitative estimate of drug-likeness (QED) is 0.639. The fourth-order valence-corrected chi connectivity index (χ4v) is 1.86. The zero-order chi connectivity index (χ0) is 17.1. The van der Waals surface area contributed by atoms with Crippen molar-refractivity contribution in [3.05, 3.63) is 23.8 Å². The number of carbonyl (C=O) groups excluding carboxylic acids is 2. The summed E-state index contributed by atoms with van der Waals surface area (Å²) in [5, 5.41) is 17.5. The minimum atomic E-state index is -0.516. The Morgan fingerprint density at radius 3 is 2.70 bits per heavy atom. The van der Waals surface area contributed by atoms with Gasteiger partial charge in [0.05, 0.1) is 30.1 Å². The number of amides is 2. The Hall–Kier alpha value is -2.75. The molecule has 0 radical (unpaired) electrons. The zero-order valence-corrected chi connectivity index (χ0v) is 13.4. The first-order chi connectivity index (χ1) is 11.1. The van der Waals surface area contributed by atoms with Crippen molar-refractivity contribution in [1.82, 2.24) is 5.32 Å². The van der Waals surface area contributed by atoms with Gasteiger partial charge in [0, 0.05) is 19.5 Å². The molecule has 2 amide bonds. The second-order valence-electron chi connectivity index (χ2n) is 4.87. The second kappa shape index (κ2) is 10.1. The predicted molar refractivity (Wildman–Crippen MR) is 88.2 cm³/mol. The van der Waals surface area contributed by atoms with E-state index in [0.717, 1.165) is 18.7 Å². The second-order valence-corrected chi connectivity index (χ2v) is 4.87. The molecule has 0 saturated carbocycles. The Bertz CT molecular complexity index is 581. The average Bonchev–Trinajstić information content (AvgIpc) is 2.57. The first kappa shape index (κ1) is 18.3. The molecular formula is C16H22N4O3. The van der Waals surface area contributed by atoms with E-state index in [2.05, 4.69) is 26.8 Å². The summed E-state index contributed by atoms with van der Waals surface area (Å²) in [5.41, 5.74) is 1.85. The van der Waals surface area contributed by atoms with Crippen LogP contribution in [-0.2, 0) is 9.53 Å². The predicted octanol–water partition coefficient (Wildman–Crippen LogP) is 2.45. The first-order valence-corrected chi connectivity index (χ1v) is 7.50. The van der Waals surface area contributed by atoms with Crippen LogP contribution in [0.25, 0.3) is 0 Å². The van der Waals surface area contributed by atoms with E-state index in [-0.39, 0.29) is 12.3 Å². The van der Waals surface area contributed by atoms with Gasteiger partial charge in [-0.1, -0.05) is 6.92 Å². The zero-order valence-electron chi connectivity index (χ0n) is 13.4. The maximum atomic E-state index is 12.0. The molecule has 0 bridgehead atoms. The topological polar surface area (TPSA) is 103 Å². The molecule has 0 aliphatic carbocycles. The molecule has 1 aromatic carbocycles. The fraction of sp³-hybridized carbons (Fsp3) is 0.438. The number of rotatable bonds is 8. The summed E-state index contributed by atoms with van der Waals surface area (Å²) in [6.07, 6.45) is 1.19. The Kier molecular flexibility index (Phi) is 8.00. The summed E-state index contributed by atoms with van der Waals surface area (Å²) in [5.74, 6) is -0.175. The number of carbonyl (C=O) groups is 2. The molecular weight excluding hydrogens is 296 g/mol. The van der Waals surface area contributed by atoms with Crippen LogP contribution >= 0.6 is 0 Å². The van der Waals surface area contributed by atoms with Crippen LogP contribution in [0.15, 0.2) is 18.2 Å². The number of methoxy groups -OCH3 is 1. The number of nitrogens with zero attached hydrogens (tertiary/aromatic N) is 1. The van der Waals surface area contributed by atoms with Gasteiger partial charge in [-0.25, -0.2) is 4.79 Å². The van der Waals surface area contributed by atoms with Crippen LogP contribution in [-0.4, -0.2) is 32.2 Å². The molecule has 0 aromatic heterocycles. The third kappa shape index (κ3) is 6.70. The van der Waals surface area contributed by atoms with Gasteiger partial charge in [0.1, 0.15) is 0 Å². The highest BCUT2D eigenvalue weighted by molar-refractivity contribution is 5.94. The van der Waals surface area contributed by atoms with Gasteiger partial charge in [-0.05, 0) is 31.0 Å². The third-order valence-corrected chi connectivity index (χ3v) is 3.02. The van der Waals surface area contributed by atoms with Gasteiger partial charge >= 0.3 is 6.09 Å². The highest BCUT2D eigenvalue weighted by Gasteiger charge is 2.08. The average molecular weight is 318 g/mol. The van der Waals surface area contributed by atoms with Crippen molar-refractivity contribution in [2.75, 3.05) is 30.8 Å². The molecule has 0 atom stereocenters. The van der Waals surface area contributed by atoms with Crippen LogP contribution in [0, 0.1) is 11.3 Å². The Morgan fingerprint density at radius 2 is 2.04 bits per heavy atom. The van der Waals surface area contributed by atoms with E-state index in [1.54, 1.807) is 18.2 Å². The first-order valence-electron chi connectivity index (χ1n) is 7.50. The molecule has 124 valence electrons. The molecule has 0 fully saturated rings. The number of nitrogens with one attached hydrogen (secondary N) is 3. The summed E-state index contributed by atoms with van der Waals surface area (Å²) in [7, 11) is 1.29. The van der Waals surface area contributed by atoms with Gasteiger partial charge in [-0.3, -0.25) is 4.79 Å². The minimum Gasteiger partial charge on any atom is -0.453 e. The van der Waals surface area contributed by atoms with Crippen molar-refractivity contribution >= 4 is 23.4 Å². The van der Waals surface area contributed by atoms with Gasteiger partial charge in [0.2, 0.25) is 5.91 Å². The molecule has 0 aliphatic rings. The van der Waals surface area contributed by atoms with E-state index in [1.807, 2.05) is 6.92 Å². The molecule has 1 aromatic rings. The molecule has 3 N–H and O–H groups in total. The highest BCUT2D eigenvalue weighted by atomic mass is 16.5. The van der Waals surface area contributed by atoms with Crippen molar-refractivity contribution in [1.29, 1.82) is 5.26 Å². The molecule has 0 heterocycles. The van der Waals surface area contributed by atoms with Crippen molar-refractivity contribution in [2.45, 2.75) is 26.2 Å².